The smallest absolute Gasteiger partial charge is 0.410 e. The lowest BCUT2D eigenvalue weighted by Crippen LogP contribution is -2.41. The quantitative estimate of drug-likeness (QED) is 0.555. The van der Waals surface area contributed by atoms with Crippen molar-refractivity contribution in [1.29, 1.82) is 0 Å². The highest BCUT2D eigenvalue weighted by Gasteiger charge is 2.28. The van der Waals surface area contributed by atoms with Gasteiger partial charge in [-0.05, 0) is 69.4 Å². The summed E-state index contributed by atoms with van der Waals surface area (Å²) in [6.45, 7) is 6.98. The van der Waals surface area contributed by atoms with Crippen LogP contribution in [0, 0.1) is 5.82 Å². The zero-order valence-corrected chi connectivity index (χ0v) is 18.9. The van der Waals surface area contributed by atoms with E-state index in [-0.39, 0.29) is 11.8 Å². The molecule has 4 rings (SSSR count). The van der Waals surface area contributed by atoms with Crippen LogP contribution in [-0.4, -0.2) is 46.8 Å². The monoisotopic (exact) mass is 440 g/mol. The predicted molar refractivity (Wildman–Crippen MR) is 122 cm³/mol. The van der Waals surface area contributed by atoms with Crippen LogP contribution in [-0.2, 0) is 4.74 Å². The summed E-state index contributed by atoms with van der Waals surface area (Å²) in [7, 11) is 1.44. The van der Waals surface area contributed by atoms with E-state index in [2.05, 4.69) is 15.3 Å². The zero-order chi connectivity index (χ0) is 22.9. The van der Waals surface area contributed by atoms with Crippen molar-refractivity contribution in [3.05, 3.63) is 47.9 Å². The van der Waals surface area contributed by atoms with E-state index in [4.69, 9.17) is 9.47 Å². The van der Waals surface area contributed by atoms with E-state index in [0.717, 1.165) is 23.9 Å². The first-order chi connectivity index (χ1) is 15.2. The van der Waals surface area contributed by atoms with Crippen molar-refractivity contribution in [1.82, 2.24) is 14.9 Å². The number of aromatic amines is 1. The molecule has 0 unspecified atom stereocenters. The number of ether oxygens (including phenoxy) is 2. The molecule has 3 heterocycles. The third kappa shape index (κ3) is 4.79. The number of nitrogens with one attached hydrogen (secondary N) is 2. The maximum absolute atomic E-state index is 13.9. The molecule has 1 amide bonds. The standard InChI is InChI=1S/C24H29FN4O3/c1-24(2,3)32-23(30)29-11-9-15(10-12-29)18-14-26-22-17(18)6-8-21(28-22)27-16-5-7-20(31-4)19(25)13-16/h5-8,13-15H,9-12H2,1-4H3,(H2,26,27,28). The number of hydrogen-bond acceptors (Lipinski definition) is 5. The number of hydrogen-bond donors (Lipinski definition) is 2. The number of aromatic nitrogens is 2. The number of pyridine rings is 1. The molecule has 3 aromatic rings. The summed E-state index contributed by atoms with van der Waals surface area (Å²) in [5, 5.41) is 4.19. The van der Waals surface area contributed by atoms with Gasteiger partial charge in [0.05, 0.1) is 7.11 Å². The number of halogens is 1. The Labute approximate surface area is 186 Å². The third-order valence-electron chi connectivity index (χ3n) is 5.58. The molecule has 32 heavy (non-hydrogen) atoms. The zero-order valence-electron chi connectivity index (χ0n) is 18.9. The minimum atomic E-state index is -0.486. The average molecular weight is 441 g/mol. The normalized spacial score (nSPS) is 15.1. The molecule has 8 heteroatoms. The summed E-state index contributed by atoms with van der Waals surface area (Å²) in [6.07, 6.45) is 3.50. The lowest BCUT2D eigenvalue weighted by atomic mass is 9.89. The highest BCUT2D eigenvalue weighted by atomic mass is 19.1. The second-order valence-electron chi connectivity index (χ2n) is 9.05. The van der Waals surface area contributed by atoms with E-state index in [1.165, 1.54) is 18.7 Å². The van der Waals surface area contributed by atoms with Crippen LogP contribution in [0.3, 0.4) is 0 Å². The van der Waals surface area contributed by atoms with Gasteiger partial charge in [0.1, 0.15) is 17.1 Å². The molecule has 1 aliphatic heterocycles. The fraction of sp³-hybridized carbons (Fsp3) is 0.417. The van der Waals surface area contributed by atoms with Gasteiger partial charge in [0.25, 0.3) is 0 Å². The molecule has 2 aromatic heterocycles. The highest BCUT2D eigenvalue weighted by molar-refractivity contribution is 5.82. The van der Waals surface area contributed by atoms with Crippen molar-refractivity contribution < 1.29 is 18.7 Å². The summed E-state index contributed by atoms with van der Waals surface area (Å²) in [6, 6.07) is 8.61. The Morgan fingerprint density at radius 2 is 1.97 bits per heavy atom. The van der Waals surface area contributed by atoms with Crippen molar-refractivity contribution in [3.63, 3.8) is 0 Å². The molecule has 0 atom stereocenters. The molecule has 170 valence electrons. The highest BCUT2D eigenvalue weighted by Crippen LogP contribution is 2.34. The molecular formula is C24H29FN4O3. The van der Waals surface area contributed by atoms with Crippen molar-refractivity contribution in [3.8, 4) is 5.75 Å². The van der Waals surface area contributed by atoms with Gasteiger partial charge in [-0.3, -0.25) is 0 Å². The Morgan fingerprint density at radius 3 is 2.62 bits per heavy atom. The van der Waals surface area contributed by atoms with Gasteiger partial charge in [0.15, 0.2) is 11.6 Å². The van der Waals surface area contributed by atoms with Crippen LogP contribution in [0.2, 0.25) is 0 Å². The van der Waals surface area contributed by atoms with Gasteiger partial charge in [-0.2, -0.15) is 0 Å². The number of fused-ring (bicyclic) bond motifs is 1. The molecule has 0 radical (unpaired) electrons. The van der Waals surface area contributed by atoms with Crippen LogP contribution in [0.15, 0.2) is 36.5 Å². The van der Waals surface area contributed by atoms with Crippen LogP contribution in [0.1, 0.15) is 45.1 Å². The Morgan fingerprint density at radius 1 is 1.22 bits per heavy atom. The molecule has 2 N–H and O–H groups in total. The molecule has 1 fully saturated rings. The minimum Gasteiger partial charge on any atom is -0.494 e. The number of benzene rings is 1. The largest absolute Gasteiger partial charge is 0.494 e. The molecule has 1 saturated heterocycles. The maximum atomic E-state index is 13.9. The molecule has 1 aliphatic rings. The number of anilines is 2. The SMILES string of the molecule is COc1ccc(Nc2ccc3c(C4CCN(C(=O)OC(C)(C)C)CC4)c[nH]c3n2)cc1F. The van der Waals surface area contributed by atoms with Gasteiger partial charge in [-0.25, -0.2) is 14.2 Å². The fourth-order valence-corrected chi connectivity index (χ4v) is 4.02. The number of nitrogens with zero attached hydrogens (tertiary/aromatic N) is 2. The van der Waals surface area contributed by atoms with Crippen molar-refractivity contribution >= 4 is 28.6 Å². The summed E-state index contributed by atoms with van der Waals surface area (Å²) in [5.74, 6) is 0.734. The average Bonchev–Trinajstić information content (AvgIpc) is 3.16. The Bertz CT molecular complexity index is 1110. The number of rotatable bonds is 4. The number of carbonyl (C=O) groups is 1. The van der Waals surface area contributed by atoms with Crippen LogP contribution < -0.4 is 10.1 Å². The van der Waals surface area contributed by atoms with Gasteiger partial charge in [0.2, 0.25) is 0 Å². The van der Waals surface area contributed by atoms with Crippen LogP contribution in [0.4, 0.5) is 20.7 Å². The molecule has 0 spiro atoms. The van der Waals surface area contributed by atoms with Crippen molar-refractivity contribution in [2.75, 3.05) is 25.5 Å². The topological polar surface area (TPSA) is 79.5 Å². The van der Waals surface area contributed by atoms with Crippen LogP contribution >= 0.6 is 0 Å². The van der Waals surface area contributed by atoms with Gasteiger partial charge in [-0.1, -0.05) is 0 Å². The van der Waals surface area contributed by atoms with Gasteiger partial charge in [-0.15, -0.1) is 0 Å². The lowest BCUT2D eigenvalue weighted by Gasteiger charge is -2.33. The van der Waals surface area contributed by atoms with E-state index in [1.807, 2.05) is 39.1 Å². The molecule has 1 aromatic carbocycles. The van der Waals surface area contributed by atoms with Gasteiger partial charge >= 0.3 is 6.09 Å². The van der Waals surface area contributed by atoms with Crippen LogP contribution in [0.25, 0.3) is 11.0 Å². The maximum Gasteiger partial charge on any atom is 0.410 e. The molecule has 0 bridgehead atoms. The first kappa shape index (κ1) is 21.9. The first-order valence-corrected chi connectivity index (χ1v) is 10.8. The van der Waals surface area contributed by atoms with Crippen molar-refractivity contribution in [2.45, 2.75) is 45.1 Å². The Kier molecular flexibility index (Phi) is 5.95. The predicted octanol–water partition coefficient (Wildman–Crippen LogP) is 5.57. The van der Waals surface area contributed by atoms with Crippen molar-refractivity contribution in [2.24, 2.45) is 0 Å². The fourth-order valence-electron chi connectivity index (χ4n) is 4.02. The number of likely N-dealkylation sites (tertiary alicyclic amines) is 1. The van der Waals surface area contributed by atoms with Gasteiger partial charge in [0, 0.05) is 36.4 Å². The van der Waals surface area contributed by atoms with Gasteiger partial charge < -0.3 is 24.7 Å². The third-order valence-corrected chi connectivity index (χ3v) is 5.58. The van der Waals surface area contributed by atoms with E-state index in [9.17, 15) is 9.18 Å². The number of piperidine rings is 1. The number of H-pyrrole nitrogens is 1. The van der Waals surface area contributed by atoms with Crippen LogP contribution in [0.5, 0.6) is 5.75 Å². The number of carbonyl (C=O) groups excluding carboxylic acids is 1. The molecule has 0 saturated carbocycles. The second kappa shape index (κ2) is 8.68. The lowest BCUT2D eigenvalue weighted by molar-refractivity contribution is 0.0205. The van der Waals surface area contributed by atoms with E-state index >= 15 is 0 Å². The summed E-state index contributed by atoms with van der Waals surface area (Å²) in [4.78, 5) is 22.0. The van der Waals surface area contributed by atoms with E-state index in [0.29, 0.717) is 30.5 Å². The molecule has 0 aliphatic carbocycles. The second-order valence-corrected chi connectivity index (χ2v) is 9.05. The summed E-state index contributed by atoms with van der Waals surface area (Å²) in [5.41, 5.74) is 2.09. The summed E-state index contributed by atoms with van der Waals surface area (Å²) < 4.78 is 24.4. The molecule has 7 nitrogen and oxygen atoms in total. The number of methoxy groups -OCH3 is 1. The minimum absolute atomic E-state index is 0.200. The number of amides is 1. The van der Waals surface area contributed by atoms with E-state index in [1.54, 1.807) is 17.0 Å². The Balaban J connectivity index is 1.43. The Hall–Kier alpha value is -3.29. The molecular weight excluding hydrogens is 411 g/mol. The summed E-state index contributed by atoms with van der Waals surface area (Å²) >= 11 is 0. The van der Waals surface area contributed by atoms with E-state index < -0.39 is 11.4 Å². The first-order valence-electron chi connectivity index (χ1n) is 10.8.